The number of rotatable bonds is 5. The molecule has 3 rings (SSSR count). The molecule has 1 fully saturated rings. The minimum Gasteiger partial charge on any atom is -0.389 e. The van der Waals surface area contributed by atoms with Crippen molar-refractivity contribution in [1.82, 2.24) is 25.5 Å². The van der Waals surface area contributed by atoms with E-state index in [1.165, 1.54) is 0 Å². The van der Waals surface area contributed by atoms with E-state index in [0.29, 0.717) is 19.7 Å². The molecule has 0 aromatic carbocycles. The summed E-state index contributed by atoms with van der Waals surface area (Å²) < 4.78 is 12.7. The van der Waals surface area contributed by atoms with Crippen LogP contribution in [0, 0.1) is 13.8 Å². The van der Waals surface area contributed by atoms with Gasteiger partial charge in [-0.2, -0.15) is 0 Å². The van der Waals surface area contributed by atoms with Crippen LogP contribution in [0.3, 0.4) is 0 Å². The minimum absolute atomic E-state index is 0.0463. The maximum atomic E-state index is 10.3. The van der Waals surface area contributed by atoms with E-state index in [2.05, 4.69) is 41.6 Å². The topological polar surface area (TPSA) is 98.2 Å². The Balaban J connectivity index is 1.65. The molecule has 138 valence electrons. The van der Waals surface area contributed by atoms with Gasteiger partial charge in [-0.15, -0.1) is 5.10 Å². The van der Waals surface area contributed by atoms with Crippen LogP contribution in [0.4, 0.5) is 0 Å². The van der Waals surface area contributed by atoms with Crippen LogP contribution >= 0.6 is 0 Å². The highest BCUT2D eigenvalue weighted by Gasteiger charge is 2.36. The van der Waals surface area contributed by atoms with Crippen LogP contribution in [0.25, 0.3) is 0 Å². The Hall–Kier alpha value is -1.77. The maximum absolute atomic E-state index is 10.3. The monoisotopic (exact) mass is 349 g/mol. The van der Waals surface area contributed by atoms with Crippen molar-refractivity contribution in [3.8, 4) is 0 Å². The van der Waals surface area contributed by atoms with Gasteiger partial charge in [-0.3, -0.25) is 0 Å². The highest BCUT2D eigenvalue weighted by atomic mass is 16.5. The van der Waals surface area contributed by atoms with Crippen molar-refractivity contribution >= 4 is 0 Å². The van der Waals surface area contributed by atoms with Crippen LogP contribution in [0.2, 0.25) is 0 Å². The number of hydrogen-bond acceptors (Lipinski definition) is 7. The summed E-state index contributed by atoms with van der Waals surface area (Å²) >= 11 is 0. The highest BCUT2D eigenvalue weighted by molar-refractivity contribution is 5.20. The number of aliphatic hydroxyl groups is 1. The van der Waals surface area contributed by atoms with E-state index in [1.54, 1.807) is 4.68 Å². The first-order valence-corrected chi connectivity index (χ1v) is 8.61. The van der Waals surface area contributed by atoms with Crippen LogP contribution in [0.5, 0.6) is 0 Å². The summed E-state index contributed by atoms with van der Waals surface area (Å²) in [4.78, 5) is 0. The summed E-state index contributed by atoms with van der Waals surface area (Å²) in [6.07, 6.45) is 1.21. The van der Waals surface area contributed by atoms with Crippen molar-refractivity contribution in [3.05, 3.63) is 28.9 Å². The predicted octanol–water partition coefficient (Wildman–Crippen LogP) is 1.10. The summed E-state index contributed by atoms with van der Waals surface area (Å²) in [6, 6.07) is -0.184. The summed E-state index contributed by atoms with van der Waals surface area (Å²) in [5.74, 6) is 0.793. The Kier molecular flexibility index (Phi) is 4.95. The molecule has 25 heavy (non-hydrogen) atoms. The molecule has 2 N–H and O–H groups in total. The van der Waals surface area contributed by atoms with Gasteiger partial charge in [0.2, 0.25) is 0 Å². The van der Waals surface area contributed by atoms with E-state index >= 15 is 0 Å². The third-order valence-corrected chi connectivity index (χ3v) is 4.67. The van der Waals surface area contributed by atoms with Crippen LogP contribution in [0.1, 0.15) is 43.5 Å². The van der Waals surface area contributed by atoms with Gasteiger partial charge in [0.05, 0.1) is 42.8 Å². The number of ether oxygens (including phenoxy) is 1. The first-order valence-electron chi connectivity index (χ1n) is 8.61. The molecule has 0 aliphatic carbocycles. The van der Waals surface area contributed by atoms with Crippen molar-refractivity contribution in [2.24, 2.45) is 0 Å². The Morgan fingerprint density at radius 2 is 2.12 bits per heavy atom. The molecule has 1 aliphatic rings. The number of nitrogens with one attached hydrogen (secondary N) is 1. The first kappa shape index (κ1) is 18.0. The van der Waals surface area contributed by atoms with E-state index in [9.17, 15) is 5.11 Å². The van der Waals surface area contributed by atoms with E-state index in [-0.39, 0.29) is 17.6 Å². The number of aromatic nitrogens is 4. The maximum Gasteiger partial charge on any atom is 0.138 e. The van der Waals surface area contributed by atoms with E-state index in [1.807, 2.05) is 20.0 Å². The van der Waals surface area contributed by atoms with Gasteiger partial charge in [0.25, 0.3) is 0 Å². The van der Waals surface area contributed by atoms with Gasteiger partial charge in [-0.05, 0) is 13.8 Å². The number of hydrogen-bond donors (Lipinski definition) is 2. The zero-order valence-corrected chi connectivity index (χ0v) is 15.5. The summed E-state index contributed by atoms with van der Waals surface area (Å²) in [5.41, 5.74) is 2.77. The molecule has 0 unspecified atom stereocenters. The highest BCUT2D eigenvalue weighted by Crippen LogP contribution is 2.21. The number of nitrogens with zero attached hydrogens (tertiary/aromatic N) is 4. The quantitative estimate of drug-likeness (QED) is 0.834. The molecular weight excluding hydrogens is 322 g/mol. The molecule has 0 spiro atoms. The smallest absolute Gasteiger partial charge is 0.138 e. The second kappa shape index (κ2) is 6.86. The summed E-state index contributed by atoms with van der Waals surface area (Å²) in [6.45, 7) is 11.5. The summed E-state index contributed by atoms with van der Waals surface area (Å²) in [5, 5.41) is 26.0. The van der Waals surface area contributed by atoms with Crippen LogP contribution in [-0.2, 0) is 23.2 Å². The van der Waals surface area contributed by atoms with Crippen molar-refractivity contribution in [2.45, 2.75) is 71.4 Å². The second-order valence-electron chi connectivity index (χ2n) is 7.72. The Labute approximate surface area is 147 Å². The van der Waals surface area contributed by atoms with Crippen LogP contribution < -0.4 is 5.32 Å². The molecule has 2 aromatic heterocycles. The zero-order chi connectivity index (χ0) is 18.2. The fourth-order valence-electron chi connectivity index (χ4n) is 3.00. The Bertz CT molecular complexity index is 699. The molecule has 1 saturated heterocycles. The van der Waals surface area contributed by atoms with Gasteiger partial charge in [-0.25, -0.2) is 4.68 Å². The number of aryl methyl sites for hydroxylation is 2. The normalized spacial score (nSPS) is 24.2. The second-order valence-corrected chi connectivity index (χ2v) is 7.72. The fraction of sp³-hybridized carbons (Fsp3) is 0.706. The molecule has 8 nitrogen and oxygen atoms in total. The average Bonchev–Trinajstić information content (AvgIpc) is 3.21. The molecule has 8 heteroatoms. The molecule has 0 bridgehead atoms. The van der Waals surface area contributed by atoms with E-state index in [0.717, 1.165) is 22.7 Å². The van der Waals surface area contributed by atoms with Gasteiger partial charge in [0.1, 0.15) is 5.76 Å². The molecule has 3 heterocycles. The van der Waals surface area contributed by atoms with Crippen LogP contribution in [-0.4, -0.2) is 50.1 Å². The van der Waals surface area contributed by atoms with Gasteiger partial charge in [-0.1, -0.05) is 31.1 Å². The third-order valence-electron chi connectivity index (χ3n) is 4.67. The van der Waals surface area contributed by atoms with Crippen molar-refractivity contribution in [2.75, 3.05) is 6.61 Å². The zero-order valence-electron chi connectivity index (χ0n) is 15.5. The van der Waals surface area contributed by atoms with Gasteiger partial charge in [0, 0.05) is 23.7 Å². The SMILES string of the molecule is Cc1noc(C)c1CN[C@@H]1[C@@H](O)CO[C@@H]1Cn1cc(C(C)(C)C)nn1. The average molecular weight is 349 g/mol. The van der Waals surface area contributed by atoms with Gasteiger partial charge in [0.15, 0.2) is 0 Å². The fourth-order valence-corrected chi connectivity index (χ4v) is 3.00. The predicted molar refractivity (Wildman–Crippen MR) is 91.1 cm³/mol. The third kappa shape index (κ3) is 3.91. The van der Waals surface area contributed by atoms with Crippen molar-refractivity contribution < 1.29 is 14.4 Å². The van der Waals surface area contributed by atoms with Gasteiger partial charge < -0.3 is 19.7 Å². The molecule has 3 atom stereocenters. The number of aliphatic hydroxyl groups excluding tert-OH is 1. The molecule has 2 aromatic rings. The summed E-state index contributed by atoms with van der Waals surface area (Å²) in [7, 11) is 0. The van der Waals surface area contributed by atoms with E-state index in [4.69, 9.17) is 9.26 Å². The Morgan fingerprint density at radius 3 is 2.72 bits per heavy atom. The lowest BCUT2D eigenvalue weighted by Gasteiger charge is -2.21. The lowest BCUT2D eigenvalue weighted by molar-refractivity contribution is 0.0741. The minimum atomic E-state index is -0.559. The molecule has 0 radical (unpaired) electrons. The van der Waals surface area contributed by atoms with Crippen molar-refractivity contribution in [3.63, 3.8) is 0 Å². The molecular formula is C17H27N5O3. The molecule has 1 aliphatic heterocycles. The lowest BCUT2D eigenvalue weighted by Crippen LogP contribution is -2.45. The van der Waals surface area contributed by atoms with Crippen LogP contribution in [0.15, 0.2) is 10.7 Å². The van der Waals surface area contributed by atoms with Gasteiger partial charge >= 0.3 is 0 Å². The first-order chi connectivity index (χ1) is 11.8. The molecule has 0 saturated carbocycles. The largest absolute Gasteiger partial charge is 0.389 e. The van der Waals surface area contributed by atoms with Crippen molar-refractivity contribution in [1.29, 1.82) is 0 Å². The standard InChI is InChI=1S/C17H27N5O3/c1-10-12(11(2)25-20-10)6-18-16-13(23)9-24-14(16)7-22-8-15(19-21-22)17(3,4)5/h8,13-14,16,18,23H,6-7,9H2,1-5H3/t13-,14+,16+/m0/s1. The molecule has 0 amide bonds. The lowest BCUT2D eigenvalue weighted by atomic mass is 9.93. The van der Waals surface area contributed by atoms with E-state index < -0.39 is 6.10 Å². The Morgan fingerprint density at radius 1 is 1.36 bits per heavy atom.